The van der Waals surface area contributed by atoms with E-state index in [0.717, 1.165) is 11.8 Å². The molecular formula is C15H19ClN2O2S. The van der Waals surface area contributed by atoms with Crippen LogP contribution in [0.3, 0.4) is 0 Å². The van der Waals surface area contributed by atoms with Gasteiger partial charge in [-0.1, -0.05) is 26.0 Å². The highest BCUT2D eigenvalue weighted by molar-refractivity contribution is 7.89. The lowest BCUT2D eigenvalue weighted by molar-refractivity contribution is 0.352. The normalized spacial score (nSPS) is 12.7. The number of alkyl halides is 1. The van der Waals surface area contributed by atoms with Crippen LogP contribution < -0.4 is 4.72 Å². The van der Waals surface area contributed by atoms with Crippen LogP contribution in [0.4, 0.5) is 0 Å². The van der Waals surface area contributed by atoms with Crippen molar-refractivity contribution in [3.05, 3.63) is 36.7 Å². The van der Waals surface area contributed by atoms with Gasteiger partial charge < -0.3 is 0 Å². The van der Waals surface area contributed by atoms with Crippen LogP contribution in [-0.2, 0) is 10.0 Å². The predicted molar refractivity (Wildman–Crippen MR) is 86.0 cm³/mol. The smallest absolute Gasteiger partial charge is 0.241 e. The van der Waals surface area contributed by atoms with Gasteiger partial charge in [-0.05, 0) is 24.0 Å². The molecule has 0 unspecified atom stereocenters. The van der Waals surface area contributed by atoms with Gasteiger partial charge >= 0.3 is 0 Å². The van der Waals surface area contributed by atoms with Crippen molar-refractivity contribution in [1.82, 2.24) is 9.71 Å². The molecule has 0 saturated carbocycles. The topological polar surface area (TPSA) is 59.1 Å². The molecular weight excluding hydrogens is 308 g/mol. The zero-order valence-electron chi connectivity index (χ0n) is 12.1. The molecule has 0 saturated heterocycles. The molecule has 1 aromatic heterocycles. The van der Waals surface area contributed by atoms with E-state index in [4.69, 9.17) is 11.6 Å². The third kappa shape index (κ3) is 3.93. The fourth-order valence-electron chi connectivity index (χ4n) is 2.04. The van der Waals surface area contributed by atoms with E-state index < -0.39 is 10.0 Å². The minimum atomic E-state index is -3.56. The number of sulfonamides is 1. The van der Waals surface area contributed by atoms with Crippen molar-refractivity contribution in [2.75, 3.05) is 12.4 Å². The number of hydrogen-bond acceptors (Lipinski definition) is 3. The second-order valence-corrected chi connectivity index (χ2v) is 7.89. The molecule has 21 heavy (non-hydrogen) atoms. The molecule has 1 N–H and O–H groups in total. The van der Waals surface area contributed by atoms with E-state index in [1.807, 2.05) is 19.9 Å². The summed E-state index contributed by atoms with van der Waals surface area (Å²) in [6, 6.07) is 6.90. The van der Waals surface area contributed by atoms with Gasteiger partial charge in [0.15, 0.2) is 0 Å². The van der Waals surface area contributed by atoms with Crippen LogP contribution in [0.5, 0.6) is 0 Å². The van der Waals surface area contributed by atoms with E-state index in [1.54, 1.807) is 30.6 Å². The lowest BCUT2D eigenvalue weighted by Crippen LogP contribution is -2.34. The number of rotatable bonds is 6. The van der Waals surface area contributed by atoms with Crippen molar-refractivity contribution in [1.29, 1.82) is 0 Å². The van der Waals surface area contributed by atoms with Gasteiger partial charge in [0.1, 0.15) is 0 Å². The summed E-state index contributed by atoms with van der Waals surface area (Å²) in [5.41, 5.74) is -0.180. The fourth-order valence-corrected chi connectivity index (χ4v) is 4.02. The third-order valence-electron chi connectivity index (χ3n) is 3.44. The molecule has 6 heteroatoms. The van der Waals surface area contributed by atoms with Crippen LogP contribution in [0.1, 0.15) is 20.3 Å². The summed E-state index contributed by atoms with van der Waals surface area (Å²) < 4.78 is 27.8. The van der Waals surface area contributed by atoms with Crippen LogP contribution in [-0.4, -0.2) is 25.8 Å². The van der Waals surface area contributed by atoms with Crippen molar-refractivity contribution in [2.45, 2.75) is 25.2 Å². The van der Waals surface area contributed by atoms with E-state index in [9.17, 15) is 8.42 Å². The molecule has 1 aromatic carbocycles. The Hall–Kier alpha value is -1.17. The maximum Gasteiger partial charge on any atom is 0.241 e. The van der Waals surface area contributed by atoms with E-state index in [2.05, 4.69) is 9.71 Å². The minimum absolute atomic E-state index is 0.180. The number of fused-ring (bicyclic) bond motifs is 1. The summed E-state index contributed by atoms with van der Waals surface area (Å²) in [6.07, 6.45) is 4.00. The van der Waals surface area contributed by atoms with Crippen LogP contribution in [0.2, 0.25) is 0 Å². The Bertz CT molecular complexity index is 724. The Balaban J connectivity index is 2.30. The number of halogens is 1. The van der Waals surface area contributed by atoms with Crippen LogP contribution >= 0.6 is 11.6 Å². The Morgan fingerprint density at radius 2 is 2.05 bits per heavy atom. The second-order valence-electron chi connectivity index (χ2n) is 5.78. The van der Waals surface area contributed by atoms with E-state index in [1.165, 1.54) is 0 Å². The first kappa shape index (κ1) is 16.2. The molecule has 0 radical (unpaired) electrons. The molecule has 114 valence electrons. The van der Waals surface area contributed by atoms with Gasteiger partial charge in [-0.2, -0.15) is 0 Å². The molecule has 2 aromatic rings. The van der Waals surface area contributed by atoms with Gasteiger partial charge in [-0.25, -0.2) is 13.1 Å². The maximum atomic E-state index is 12.5. The van der Waals surface area contributed by atoms with Crippen LogP contribution in [0, 0.1) is 5.41 Å². The van der Waals surface area contributed by atoms with Gasteiger partial charge in [0.05, 0.1) is 4.90 Å². The molecule has 0 aliphatic heterocycles. The number of nitrogens with one attached hydrogen (secondary N) is 1. The first-order chi connectivity index (χ1) is 9.86. The van der Waals surface area contributed by atoms with Crippen LogP contribution in [0.25, 0.3) is 10.8 Å². The summed E-state index contributed by atoms with van der Waals surface area (Å²) >= 11 is 5.75. The van der Waals surface area contributed by atoms with Crippen molar-refractivity contribution in [2.24, 2.45) is 5.41 Å². The van der Waals surface area contributed by atoms with E-state index >= 15 is 0 Å². The first-order valence-electron chi connectivity index (χ1n) is 6.74. The average molecular weight is 327 g/mol. The number of aromatic nitrogens is 1. The van der Waals surface area contributed by atoms with E-state index in [0.29, 0.717) is 17.8 Å². The Morgan fingerprint density at radius 1 is 1.29 bits per heavy atom. The SMILES string of the molecule is CC(C)(CCCl)CNS(=O)(=O)c1cccc2cnccc12. The number of benzene rings is 1. The lowest BCUT2D eigenvalue weighted by atomic mass is 9.91. The lowest BCUT2D eigenvalue weighted by Gasteiger charge is -2.23. The Morgan fingerprint density at radius 3 is 2.76 bits per heavy atom. The molecule has 0 aliphatic rings. The Kier molecular flexibility index (Phi) is 4.86. The zero-order chi connectivity index (χ0) is 15.5. The summed E-state index contributed by atoms with van der Waals surface area (Å²) in [5, 5.41) is 1.48. The quantitative estimate of drug-likeness (QED) is 0.829. The molecule has 0 spiro atoms. The summed E-state index contributed by atoms with van der Waals surface area (Å²) in [4.78, 5) is 4.30. The van der Waals surface area contributed by atoms with Crippen molar-refractivity contribution in [3.63, 3.8) is 0 Å². The second kappa shape index (κ2) is 6.30. The third-order valence-corrected chi connectivity index (χ3v) is 5.09. The maximum absolute atomic E-state index is 12.5. The van der Waals surface area contributed by atoms with Gasteiger partial charge in [0.25, 0.3) is 0 Å². The molecule has 0 aliphatic carbocycles. The van der Waals surface area contributed by atoms with Crippen molar-refractivity contribution >= 4 is 32.4 Å². The molecule has 0 bridgehead atoms. The highest BCUT2D eigenvalue weighted by Crippen LogP contribution is 2.24. The largest absolute Gasteiger partial charge is 0.264 e. The van der Waals surface area contributed by atoms with Gasteiger partial charge in [-0.15, -0.1) is 11.6 Å². The highest BCUT2D eigenvalue weighted by Gasteiger charge is 2.23. The van der Waals surface area contributed by atoms with Gasteiger partial charge in [0.2, 0.25) is 10.0 Å². The zero-order valence-corrected chi connectivity index (χ0v) is 13.7. The highest BCUT2D eigenvalue weighted by atomic mass is 35.5. The standard InChI is InChI=1S/C15H19ClN2O2S/c1-15(2,7-8-16)11-18-21(19,20)14-5-3-4-12-10-17-9-6-13(12)14/h3-6,9-10,18H,7-8,11H2,1-2H3. The average Bonchev–Trinajstić information content (AvgIpc) is 2.45. The van der Waals surface area contributed by atoms with E-state index in [-0.39, 0.29) is 10.3 Å². The number of pyridine rings is 1. The predicted octanol–water partition coefficient (Wildman–Crippen LogP) is 3.17. The molecule has 0 amide bonds. The minimum Gasteiger partial charge on any atom is -0.264 e. The molecule has 4 nitrogen and oxygen atoms in total. The van der Waals surface area contributed by atoms with Gasteiger partial charge in [0, 0.05) is 35.6 Å². The summed E-state index contributed by atoms with van der Waals surface area (Å²) in [7, 11) is -3.56. The fraction of sp³-hybridized carbons (Fsp3) is 0.400. The van der Waals surface area contributed by atoms with Crippen LogP contribution in [0.15, 0.2) is 41.6 Å². The molecule has 0 atom stereocenters. The molecule has 1 heterocycles. The monoisotopic (exact) mass is 326 g/mol. The number of hydrogen-bond donors (Lipinski definition) is 1. The van der Waals surface area contributed by atoms with Crippen molar-refractivity contribution < 1.29 is 8.42 Å². The first-order valence-corrected chi connectivity index (χ1v) is 8.76. The summed E-state index contributed by atoms with van der Waals surface area (Å²) in [5.74, 6) is 0.509. The molecule has 2 rings (SSSR count). The summed E-state index contributed by atoms with van der Waals surface area (Å²) in [6.45, 7) is 4.33. The Labute approximate surface area is 130 Å². The van der Waals surface area contributed by atoms with Crippen molar-refractivity contribution in [3.8, 4) is 0 Å². The molecule has 0 fully saturated rings. The van der Waals surface area contributed by atoms with Gasteiger partial charge in [-0.3, -0.25) is 4.98 Å². The number of nitrogens with zero attached hydrogens (tertiary/aromatic N) is 1.